The molecule has 0 aliphatic rings. The number of rotatable bonds is 3. The van der Waals surface area contributed by atoms with Crippen molar-refractivity contribution in [3.8, 4) is 0 Å². The molecule has 0 spiro atoms. The highest BCUT2D eigenvalue weighted by atomic mass is 19.3. The number of nitrogens with one attached hydrogen (secondary N) is 1. The molecule has 0 aliphatic heterocycles. The third-order valence-electron chi connectivity index (χ3n) is 1.51. The summed E-state index contributed by atoms with van der Waals surface area (Å²) in [7, 11) is 0. The number of hydrogen-bond acceptors (Lipinski definition) is 2. The van der Waals surface area contributed by atoms with Gasteiger partial charge in [-0.2, -0.15) is 0 Å². The first-order chi connectivity index (χ1) is 6.59. The van der Waals surface area contributed by atoms with E-state index in [-0.39, 0.29) is 12.2 Å². The second-order valence-corrected chi connectivity index (χ2v) is 2.55. The molecule has 0 bridgehead atoms. The third-order valence-corrected chi connectivity index (χ3v) is 1.51. The number of aromatic nitrogens is 1. The molecule has 0 saturated carbocycles. The van der Waals surface area contributed by atoms with Crippen molar-refractivity contribution in [1.29, 1.82) is 0 Å². The number of alkyl halides is 2. The van der Waals surface area contributed by atoms with Crippen LogP contribution in [0.4, 0.5) is 13.6 Å². The van der Waals surface area contributed by atoms with Gasteiger partial charge in [-0.05, 0) is 17.7 Å². The van der Waals surface area contributed by atoms with Crippen molar-refractivity contribution in [3.05, 3.63) is 29.6 Å². The number of pyridine rings is 1. The topological polar surface area (TPSA) is 62.2 Å². The van der Waals surface area contributed by atoms with E-state index in [4.69, 9.17) is 5.11 Å². The molecule has 1 aromatic rings. The Morgan fingerprint density at radius 2 is 2.36 bits per heavy atom. The number of carboxylic acid groups (broad SMARTS) is 1. The molecule has 0 fully saturated rings. The van der Waals surface area contributed by atoms with Crippen LogP contribution in [0, 0.1) is 0 Å². The molecule has 76 valence electrons. The standard InChI is InChI=1S/C8H8F2N2O2/c9-7(10)6-3-5(1-2-11-6)4-12-8(13)14/h1-3,7,12H,4H2,(H,13,14). The summed E-state index contributed by atoms with van der Waals surface area (Å²) in [5.74, 6) is 0. The van der Waals surface area contributed by atoms with Crippen LogP contribution in [-0.2, 0) is 6.54 Å². The second kappa shape index (κ2) is 4.50. The number of halogens is 2. The van der Waals surface area contributed by atoms with Gasteiger partial charge < -0.3 is 10.4 Å². The zero-order valence-corrected chi connectivity index (χ0v) is 7.08. The van der Waals surface area contributed by atoms with Crippen molar-refractivity contribution in [2.24, 2.45) is 0 Å². The molecule has 0 saturated heterocycles. The fourth-order valence-corrected chi connectivity index (χ4v) is 0.901. The maximum Gasteiger partial charge on any atom is 0.404 e. The lowest BCUT2D eigenvalue weighted by Gasteiger charge is -2.03. The van der Waals surface area contributed by atoms with Crippen LogP contribution in [0.15, 0.2) is 18.3 Å². The normalized spacial score (nSPS) is 10.2. The zero-order chi connectivity index (χ0) is 10.6. The average molecular weight is 202 g/mol. The maximum absolute atomic E-state index is 12.1. The van der Waals surface area contributed by atoms with Gasteiger partial charge in [0, 0.05) is 12.7 Å². The molecule has 1 heterocycles. The van der Waals surface area contributed by atoms with Crippen LogP contribution in [-0.4, -0.2) is 16.2 Å². The Bertz CT molecular complexity index is 331. The SMILES string of the molecule is O=C(O)NCc1ccnc(C(F)F)c1. The summed E-state index contributed by atoms with van der Waals surface area (Å²) in [5.41, 5.74) is 0.104. The van der Waals surface area contributed by atoms with E-state index in [0.717, 1.165) is 0 Å². The van der Waals surface area contributed by atoms with E-state index in [1.54, 1.807) is 0 Å². The minimum absolute atomic E-state index is 0.00241. The lowest BCUT2D eigenvalue weighted by molar-refractivity contribution is 0.146. The van der Waals surface area contributed by atoms with Crippen molar-refractivity contribution in [2.45, 2.75) is 13.0 Å². The molecule has 0 aliphatic carbocycles. The molecule has 0 aromatic carbocycles. The van der Waals surface area contributed by atoms with Gasteiger partial charge in [-0.25, -0.2) is 13.6 Å². The van der Waals surface area contributed by atoms with E-state index in [1.165, 1.54) is 18.3 Å². The number of carbonyl (C=O) groups is 1. The first-order valence-corrected chi connectivity index (χ1v) is 3.79. The predicted molar refractivity (Wildman–Crippen MR) is 44.1 cm³/mol. The Hall–Kier alpha value is -1.72. The lowest BCUT2D eigenvalue weighted by atomic mass is 10.2. The molecule has 1 rings (SSSR count). The number of amides is 1. The Labute approximate surface area is 78.6 Å². The van der Waals surface area contributed by atoms with Gasteiger partial charge in [0.25, 0.3) is 6.43 Å². The molecule has 14 heavy (non-hydrogen) atoms. The minimum Gasteiger partial charge on any atom is -0.465 e. The van der Waals surface area contributed by atoms with Crippen LogP contribution in [0.5, 0.6) is 0 Å². The van der Waals surface area contributed by atoms with E-state index in [2.05, 4.69) is 10.3 Å². The molecule has 6 heteroatoms. The summed E-state index contributed by atoms with van der Waals surface area (Å²) in [6, 6.07) is 2.64. The highest BCUT2D eigenvalue weighted by Crippen LogP contribution is 2.16. The van der Waals surface area contributed by atoms with Gasteiger partial charge >= 0.3 is 6.09 Å². The monoisotopic (exact) mass is 202 g/mol. The molecule has 0 radical (unpaired) electrons. The van der Waals surface area contributed by atoms with E-state index in [0.29, 0.717) is 5.56 Å². The third kappa shape index (κ3) is 2.96. The molecular formula is C8H8F2N2O2. The van der Waals surface area contributed by atoms with Crippen LogP contribution in [0.1, 0.15) is 17.7 Å². The second-order valence-electron chi connectivity index (χ2n) is 2.55. The zero-order valence-electron chi connectivity index (χ0n) is 7.08. The number of nitrogens with zero attached hydrogens (tertiary/aromatic N) is 1. The minimum atomic E-state index is -2.64. The first kappa shape index (κ1) is 10.4. The summed E-state index contributed by atoms with van der Waals surface area (Å²) in [6.45, 7) is -0.00241. The fourth-order valence-electron chi connectivity index (χ4n) is 0.901. The molecule has 0 unspecified atom stereocenters. The van der Waals surface area contributed by atoms with Crippen LogP contribution < -0.4 is 5.32 Å². The summed E-state index contributed by atoms with van der Waals surface area (Å²) < 4.78 is 24.3. The largest absolute Gasteiger partial charge is 0.465 e. The summed E-state index contributed by atoms with van der Waals surface area (Å²) in [4.78, 5) is 13.6. The molecule has 2 N–H and O–H groups in total. The predicted octanol–water partition coefficient (Wildman–Crippen LogP) is 1.79. The molecule has 1 aromatic heterocycles. The first-order valence-electron chi connectivity index (χ1n) is 3.79. The summed E-state index contributed by atoms with van der Waals surface area (Å²) in [6.07, 6.45) is -2.61. The van der Waals surface area contributed by atoms with Crippen molar-refractivity contribution in [2.75, 3.05) is 0 Å². The fraction of sp³-hybridized carbons (Fsp3) is 0.250. The van der Waals surface area contributed by atoms with Crippen molar-refractivity contribution in [3.63, 3.8) is 0 Å². The van der Waals surface area contributed by atoms with Gasteiger partial charge in [0.15, 0.2) is 0 Å². The van der Waals surface area contributed by atoms with Crippen LogP contribution >= 0.6 is 0 Å². The smallest absolute Gasteiger partial charge is 0.404 e. The van der Waals surface area contributed by atoms with Gasteiger partial charge in [0.2, 0.25) is 0 Å². The Morgan fingerprint density at radius 3 is 2.93 bits per heavy atom. The Kier molecular flexibility index (Phi) is 3.33. The lowest BCUT2D eigenvalue weighted by Crippen LogP contribution is -2.20. The van der Waals surface area contributed by atoms with E-state index >= 15 is 0 Å². The van der Waals surface area contributed by atoms with Gasteiger partial charge in [-0.15, -0.1) is 0 Å². The van der Waals surface area contributed by atoms with Gasteiger partial charge in [-0.1, -0.05) is 0 Å². The van der Waals surface area contributed by atoms with E-state index < -0.39 is 12.5 Å². The van der Waals surface area contributed by atoms with Gasteiger partial charge in [-0.3, -0.25) is 4.98 Å². The quantitative estimate of drug-likeness (QED) is 0.785. The van der Waals surface area contributed by atoms with Crippen LogP contribution in [0.25, 0.3) is 0 Å². The van der Waals surface area contributed by atoms with Crippen LogP contribution in [0.2, 0.25) is 0 Å². The Balaban J connectivity index is 2.68. The van der Waals surface area contributed by atoms with Gasteiger partial charge in [0.05, 0.1) is 0 Å². The summed E-state index contributed by atoms with van der Waals surface area (Å²) >= 11 is 0. The average Bonchev–Trinajstić information content (AvgIpc) is 2.15. The van der Waals surface area contributed by atoms with E-state index in [1.807, 2.05) is 0 Å². The van der Waals surface area contributed by atoms with Crippen molar-refractivity contribution >= 4 is 6.09 Å². The van der Waals surface area contributed by atoms with Crippen molar-refractivity contribution < 1.29 is 18.7 Å². The van der Waals surface area contributed by atoms with Gasteiger partial charge in [0.1, 0.15) is 5.69 Å². The molecule has 4 nitrogen and oxygen atoms in total. The highest BCUT2D eigenvalue weighted by Gasteiger charge is 2.08. The van der Waals surface area contributed by atoms with Crippen molar-refractivity contribution in [1.82, 2.24) is 10.3 Å². The summed E-state index contributed by atoms with van der Waals surface area (Å²) in [5, 5.41) is 10.4. The maximum atomic E-state index is 12.1. The van der Waals surface area contributed by atoms with E-state index in [9.17, 15) is 13.6 Å². The highest BCUT2D eigenvalue weighted by molar-refractivity contribution is 5.64. The molecule has 0 atom stereocenters. The molecule has 1 amide bonds. The van der Waals surface area contributed by atoms with Crippen LogP contribution in [0.3, 0.4) is 0 Å². The Morgan fingerprint density at radius 1 is 1.64 bits per heavy atom. The molecular weight excluding hydrogens is 194 g/mol. The number of hydrogen-bond donors (Lipinski definition) is 2.